The Morgan fingerprint density at radius 3 is 2.41 bits per heavy atom. The fourth-order valence-corrected chi connectivity index (χ4v) is 4.30. The number of sulfonamides is 1. The Hall–Kier alpha value is -2.75. The van der Waals surface area contributed by atoms with Crippen LogP contribution >= 0.6 is 22.9 Å². The summed E-state index contributed by atoms with van der Waals surface area (Å²) in [5, 5.41) is 12.2. The molecule has 7 nitrogen and oxygen atoms in total. The van der Waals surface area contributed by atoms with Crippen molar-refractivity contribution in [2.75, 3.05) is 10.0 Å². The van der Waals surface area contributed by atoms with E-state index < -0.39 is 10.0 Å². The third-order valence-electron chi connectivity index (χ3n) is 3.77. The zero-order chi connectivity index (χ0) is 20.9. The van der Waals surface area contributed by atoms with Crippen LogP contribution in [0.5, 0.6) is 0 Å². The van der Waals surface area contributed by atoms with Gasteiger partial charge < -0.3 is 5.32 Å². The first-order chi connectivity index (χ1) is 13.9. The van der Waals surface area contributed by atoms with Crippen LogP contribution in [0.1, 0.15) is 22.3 Å². The van der Waals surface area contributed by atoms with Gasteiger partial charge in [0, 0.05) is 28.5 Å². The van der Waals surface area contributed by atoms with Crippen LogP contribution in [0, 0.1) is 0 Å². The summed E-state index contributed by atoms with van der Waals surface area (Å²) >= 11 is 7.00. The molecule has 0 saturated carbocycles. The molecule has 0 unspecified atom stereocenters. The summed E-state index contributed by atoms with van der Waals surface area (Å²) in [5.41, 5.74) is 1.15. The Balaban J connectivity index is 1.61. The van der Waals surface area contributed by atoms with Crippen molar-refractivity contribution in [2.45, 2.75) is 18.2 Å². The highest BCUT2D eigenvalue weighted by atomic mass is 35.5. The van der Waals surface area contributed by atoms with Gasteiger partial charge in [0.1, 0.15) is 5.01 Å². The lowest BCUT2D eigenvalue weighted by atomic mass is 10.1. The first kappa shape index (κ1) is 21.0. The Morgan fingerprint density at radius 1 is 1.10 bits per heavy atom. The van der Waals surface area contributed by atoms with Gasteiger partial charge in [-0.1, -0.05) is 29.9 Å². The Kier molecular flexibility index (Phi) is 6.63. The van der Waals surface area contributed by atoms with E-state index in [2.05, 4.69) is 20.2 Å². The number of rotatable bonds is 8. The van der Waals surface area contributed by atoms with E-state index in [0.717, 1.165) is 5.01 Å². The molecule has 0 aliphatic rings. The molecule has 0 atom stereocenters. The summed E-state index contributed by atoms with van der Waals surface area (Å²) < 4.78 is 27.3. The Morgan fingerprint density at radius 2 is 1.79 bits per heavy atom. The van der Waals surface area contributed by atoms with Crippen LogP contribution in [0.25, 0.3) is 0 Å². The van der Waals surface area contributed by atoms with E-state index in [1.54, 1.807) is 36.4 Å². The molecule has 0 amide bonds. The number of hydrogen-bond donors (Lipinski definition) is 2. The molecule has 29 heavy (non-hydrogen) atoms. The van der Waals surface area contributed by atoms with Crippen molar-refractivity contribution >= 4 is 49.6 Å². The fraction of sp³-hybridized carbons (Fsp3) is 0.105. The SMILES string of the molecule is CCc1nnc(NS(=O)(=O)c2ccc(NC=CC(=O)c3ccc(Cl)cc3)cc2)s1. The molecule has 0 bridgehead atoms. The lowest BCUT2D eigenvalue weighted by Crippen LogP contribution is -2.12. The summed E-state index contributed by atoms with van der Waals surface area (Å²) in [6.07, 6.45) is 3.57. The largest absolute Gasteiger partial charge is 0.362 e. The minimum atomic E-state index is -3.75. The number of nitrogens with zero attached hydrogens (tertiary/aromatic N) is 2. The summed E-state index contributed by atoms with van der Waals surface area (Å²) in [5.74, 6) is -0.180. The number of halogens is 1. The zero-order valence-corrected chi connectivity index (χ0v) is 17.7. The molecule has 2 N–H and O–H groups in total. The highest BCUT2D eigenvalue weighted by Crippen LogP contribution is 2.21. The highest BCUT2D eigenvalue weighted by Gasteiger charge is 2.16. The van der Waals surface area contributed by atoms with Crippen molar-refractivity contribution in [2.24, 2.45) is 0 Å². The maximum absolute atomic E-state index is 12.4. The first-order valence-corrected chi connectivity index (χ1v) is 11.2. The van der Waals surface area contributed by atoms with Crippen molar-refractivity contribution in [1.29, 1.82) is 0 Å². The monoisotopic (exact) mass is 448 g/mol. The maximum Gasteiger partial charge on any atom is 0.263 e. The van der Waals surface area contributed by atoms with E-state index in [4.69, 9.17) is 11.6 Å². The van der Waals surface area contributed by atoms with Crippen molar-refractivity contribution < 1.29 is 13.2 Å². The van der Waals surface area contributed by atoms with Crippen LogP contribution in [0.3, 0.4) is 0 Å². The number of carbonyl (C=O) groups excluding carboxylic acids is 1. The van der Waals surface area contributed by atoms with Crippen LogP contribution in [-0.4, -0.2) is 24.4 Å². The molecule has 150 valence electrons. The lowest BCUT2D eigenvalue weighted by Gasteiger charge is -2.06. The number of allylic oxidation sites excluding steroid dienone is 1. The molecule has 0 spiro atoms. The van der Waals surface area contributed by atoms with E-state index >= 15 is 0 Å². The van der Waals surface area contributed by atoms with Gasteiger partial charge >= 0.3 is 0 Å². The summed E-state index contributed by atoms with van der Waals surface area (Å²) in [7, 11) is -3.75. The van der Waals surface area contributed by atoms with Crippen LogP contribution in [0.2, 0.25) is 5.02 Å². The number of nitrogens with one attached hydrogen (secondary N) is 2. The van der Waals surface area contributed by atoms with Crippen LogP contribution in [0.4, 0.5) is 10.8 Å². The normalized spacial score (nSPS) is 11.5. The number of ketones is 1. The number of anilines is 2. The molecule has 1 heterocycles. The molecule has 0 aliphatic carbocycles. The van der Waals surface area contributed by atoms with Gasteiger partial charge in [-0.2, -0.15) is 0 Å². The van der Waals surface area contributed by atoms with Crippen LogP contribution < -0.4 is 10.0 Å². The average molecular weight is 449 g/mol. The summed E-state index contributed by atoms with van der Waals surface area (Å²) in [6, 6.07) is 12.7. The fourth-order valence-electron chi connectivity index (χ4n) is 2.27. The summed E-state index contributed by atoms with van der Waals surface area (Å²) in [4.78, 5) is 12.2. The molecule has 3 aromatic rings. The minimum Gasteiger partial charge on any atom is -0.362 e. The standard InChI is InChI=1S/C19H17ClN4O3S2/c1-2-18-22-23-19(28-18)24-29(26,27)16-9-7-15(8-10-16)21-12-11-17(25)13-3-5-14(20)6-4-13/h3-12,21H,2H2,1H3,(H,23,24). The van der Waals surface area contributed by atoms with E-state index in [0.29, 0.717) is 22.7 Å². The second kappa shape index (κ2) is 9.17. The molecular formula is C19H17ClN4O3S2. The van der Waals surface area contributed by atoms with Gasteiger partial charge in [-0.25, -0.2) is 8.42 Å². The number of aromatic nitrogens is 2. The van der Waals surface area contributed by atoms with Crippen molar-refractivity contribution in [3.8, 4) is 0 Å². The third-order valence-corrected chi connectivity index (χ3v) is 6.49. The molecule has 0 aliphatic heterocycles. The van der Waals surface area contributed by atoms with Gasteiger partial charge in [0.15, 0.2) is 5.78 Å². The van der Waals surface area contributed by atoms with Crippen molar-refractivity contribution in [3.63, 3.8) is 0 Å². The quantitative estimate of drug-likeness (QED) is 0.392. The molecule has 0 radical (unpaired) electrons. The molecule has 1 aromatic heterocycles. The zero-order valence-electron chi connectivity index (χ0n) is 15.3. The van der Waals surface area contributed by atoms with E-state index in [1.165, 1.54) is 35.7 Å². The predicted molar refractivity (Wildman–Crippen MR) is 115 cm³/mol. The molecule has 3 rings (SSSR count). The lowest BCUT2D eigenvalue weighted by molar-refractivity contribution is 0.104. The van der Waals surface area contributed by atoms with Crippen molar-refractivity contribution in [3.05, 3.63) is 76.4 Å². The highest BCUT2D eigenvalue weighted by molar-refractivity contribution is 7.93. The van der Waals surface area contributed by atoms with Gasteiger partial charge in [0.2, 0.25) is 5.13 Å². The second-order valence-electron chi connectivity index (χ2n) is 5.83. The summed E-state index contributed by atoms with van der Waals surface area (Å²) in [6.45, 7) is 1.92. The molecule has 0 fully saturated rings. The van der Waals surface area contributed by atoms with Gasteiger partial charge in [0.05, 0.1) is 4.90 Å². The first-order valence-electron chi connectivity index (χ1n) is 8.55. The van der Waals surface area contributed by atoms with Gasteiger partial charge in [-0.15, -0.1) is 10.2 Å². The molecule has 10 heteroatoms. The Bertz CT molecular complexity index is 1130. The van der Waals surface area contributed by atoms with E-state index in [9.17, 15) is 13.2 Å². The number of benzene rings is 2. The average Bonchev–Trinajstić information content (AvgIpc) is 3.15. The van der Waals surface area contributed by atoms with Gasteiger partial charge in [0.25, 0.3) is 10.0 Å². The maximum atomic E-state index is 12.4. The molecular weight excluding hydrogens is 432 g/mol. The Labute approximate surface area is 177 Å². The van der Waals surface area contributed by atoms with Gasteiger partial charge in [-0.05, 0) is 55.0 Å². The van der Waals surface area contributed by atoms with E-state index in [1.807, 2.05) is 6.92 Å². The molecule has 2 aromatic carbocycles. The van der Waals surface area contributed by atoms with Crippen LogP contribution in [-0.2, 0) is 16.4 Å². The predicted octanol–water partition coefficient (Wildman–Crippen LogP) is 4.36. The molecule has 0 saturated heterocycles. The van der Waals surface area contributed by atoms with Crippen LogP contribution in [0.15, 0.2) is 65.7 Å². The third kappa shape index (κ3) is 5.63. The topological polar surface area (TPSA) is 101 Å². The smallest absolute Gasteiger partial charge is 0.263 e. The number of hydrogen-bond acceptors (Lipinski definition) is 7. The number of carbonyl (C=O) groups is 1. The number of aryl methyl sites for hydroxylation is 1. The van der Waals surface area contributed by atoms with E-state index in [-0.39, 0.29) is 15.8 Å². The van der Waals surface area contributed by atoms with Crippen molar-refractivity contribution in [1.82, 2.24) is 10.2 Å². The minimum absolute atomic E-state index is 0.0949. The second-order valence-corrected chi connectivity index (χ2v) is 9.01. The van der Waals surface area contributed by atoms with Gasteiger partial charge in [-0.3, -0.25) is 9.52 Å².